The van der Waals surface area contributed by atoms with Crippen LogP contribution in [0.4, 0.5) is 10.6 Å². The van der Waals surface area contributed by atoms with Crippen LogP contribution in [0.3, 0.4) is 0 Å². The lowest BCUT2D eigenvalue weighted by molar-refractivity contribution is 0.0758. The van der Waals surface area contributed by atoms with E-state index in [4.69, 9.17) is 16.3 Å². The van der Waals surface area contributed by atoms with Gasteiger partial charge in [-0.05, 0) is 66.1 Å². The van der Waals surface area contributed by atoms with Crippen molar-refractivity contribution in [3.05, 3.63) is 75.4 Å². The molecule has 9 heteroatoms. The first-order valence-corrected chi connectivity index (χ1v) is 13.6. The number of fused-ring (bicyclic) bond motifs is 1. The molecule has 2 amide bonds. The molecule has 4 rings (SSSR count). The third kappa shape index (κ3) is 6.56. The number of nitrogens with one attached hydrogen (secondary N) is 1. The van der Waals surface area contributed by atoms with Crippen molar-refractivity contribution in [2.45, 2.75) is 60.5 Å². The van der Waals surface area contributed by atoms with E-state index in [2.05, 4.69) is 24.3 Å². The van der Waals surface area contributed by atoms with Crippen molar-refractivity contribution in [3.63, 3.8) is 0 Å². The van der Waals surface area contributed by atoms with Gasteiger partial charge in [0, 0.05) is 34.5 Å². The molecule has 0 fully saturated rings. The van der Waals surface area contributed by atoms with Crippen LogP contribution in [-0.2, 0) is 13.0 Å². The summed E-state index contributed by atoms with van der Waals surface area (Å²) in [6.07, 6.45) is -0.367. The zero-order chi connectivity index (χ0) is 28.5. The predicted octanol–water partition coefficient (Wildman–Crippen LogP) is 6.80. The number of amides is 2. The fraction of sp³-hybridized carbons (Fsp3) is 0.433. The van der Waals surface area contributed by atoms with Gasteiger partial charge in [0.25, 0.3) is 5.91 Å². The van der Waals surface area contributed by atoms with Crippen molar-refractivity contribution >= 4 is 29.4 Å². The Bertz CT molecular complexity index is 1380. The van der Waals surface area contributed by atoms with Crippen molar-refractivity contribution in [2.24, 2.45) is 11.3 Å². The van der Waals surface area contributed by atoms with Gasteiger partial charge in [0.1, 0.15) is 5.75 Å². The predicted molar refractivity (Wildman–Crippen MR) is 153 cm³/mol. The average Bonchev–Trinajstić information content (AvgIpc) is 3.19. The standard InChI is InChI=1S/C30H37ClN4O4/c1-18(2)17-39-25-10-8-23(31)15-22(25)16-35-19(3)13-26(33-35)32-28(36)21-7-9-24-20(14-21)11-12-34(29(37)38)27(24)30(4,5)6/h7-10,13-15,18,27H,11-12,16-17H2,1-6H3,(H,37,38)(H,32,33,36). The van der Waals surface area contributed by atoms with Crippen LogP contribution in [0.2, 0.25) is 5.02 Å². The Morgan fingerprint density at radius 1 is 1.18 bits per heavy atom. The van der Waals surface area contributed by atoms with Crippen molar-refractivity contribution in [2.75, 3.05) is 18.5 Å². The maximum absolute atomic E-state index is 13.2. The minimum absolute atomic E-state index is 0.265. The van der Waals surface area contributed by atoms with E-state index in [1.54, 1.807) is 6.07 Å². The van der Waals surface area contributed by atoms with E-state index in [-0.39, 0.29) is 17.4 Å². The molecule has 0 radical (unpaired) electrons. The van der Waals surface area contributed by atoms with Gasteiger partial charge in [-0.15, -0.1) is 0 Å². The number of halogens is 1. The number of aromatic nitrogens is 2. The first-order chi connectivity index (χ1) is 18.3. The molecule has 2 N–H and O–H groups in total. The van der Waals surface area contributed by atoms with Crippen molar-refractivity contribution in [1.82, 2.24) is 14.7 Å². The van der Waals surface area contributed by atoms with E-state index in [1.165, 1.54) is 4.90 Å². The Labute approximate surface area is 234 Å². The summed E-state index contributed by atoms with van der Waals surface area (Å²) in [5, 5.41) is 17.9. The second-order valence-electron chi connectivity index (χ2n) is 11.6. The number of benzene rings is 2. The molecule has 1 unspecified atom stereocenters. The van der Waals surface area contributed by atoms with Crippen LogP contribution >= 0.6 is 11.6 Å². The molecule has 0 bridgehead atoms. The number of hydrogen-bond acceptors (Lipinski definition) is 4. The summed E-state index contributed by atoms with van der Waals surface area (Å²) in [7, 11) is 0. The highest BCUT2D eigenvalue weighted by atomic mass is 35.5. The third-order valence-electron chi connectivity index (χ3n) is 6.84. The summed E-state index contributed by atoms with van der Waals surface area (Å²) in [5.41, 5.74) is 3.96. The van der Waals surface area contributed by atoms with Crippen LogP contribution in [0.5, 0.6) is 5.75 Å². The number of carboxylic acid groups (broad SMARTS) is 1. The summed E-state index contributed by atoms with van der Waals surface area (Å²) in [4.78, 5) is 26.6. The Balaban J connectivity index is 1.52. The maximum Gasteiger partial charge on any atom is 0.407 e. The number of hydrogen-bond donors (Lipinski definition) is 2. The molecule has 1 aliphatic heterocycles. The molecule has 0 spiro atoms. The van der Waals surface area contributed by atoms with E-state index >= 15 is 0 Å². The molecule has 8 nitrogen and oxygen atoms in total. The van der Waals surface area contributed by atoms with E-state index < -0.39 is 6.09 Å². The van der Waals surface area contributed by atoms with Crippen LogP contribution < -0.4 is 10.1 Å². The van der Waals surface area contributed by atoms with Crippen LogP contribution in [0.1, 0.15) is 73.4 Å². The fourth-order valence-corrected chi connectivity index (χ4v) is 5.25. The second-order valence-corrected chi connectivity index (χ2v) is 12.1. The molecule has 0 saturated heterocycles. The lowest BCUT2D eigenvalue weighted by atomic mass is 9.77. The second kappa shape index (κ2) is 11.3. The zero-order valence-electron chi connectivity index (χ0n) is 23.4. The van der Waals surface area contributed by atoms with E-state index in [0.29, 0.717) is 48.4 Å². The van der Waals surface area contributed by atoms with Crippen LogP contribution in [0, 0.1) is 18.3 Å². The number of aryl methyl sites for hydroxylation is 1. The molecular formula is C30H37ClN4O4. The zero-order valence-corrected chi connectivity index (χ0v) is 24.2. The molecule has 39 heavy (non-hydrogen) atoms. The van der Waals surface area contributed by atoms with Gasteiger partial charge >= 0.3 is 6.09 Å². The normalized spacial score (nSPS) is 15.3. The SMILES string of the molecule is Cc1cc(NC(=O)c2ccc3c(c2)CCN(C(=O)O)C3C(C)(C)C)nn1Cc1cc(Cl)ccc1OCC(C)C. The summed E-state index contributed by atoms with van der Waals surface area (Å²) < 4.78 is 7.79. The molecule has 3 aromatic rings. The van der Waals surface area contributed by atoms with Crippen molar-refractivity contribution in [1.29, 1.82) is 0 Å². The molecule has 1 aliphatic rings. The lowest BCUT2D eigenvalue weighted by Gasteiger charge is -2.43. The number of carbonyl (C=O) groups excluding carboxylic acids is 1. The van der Waals surface area contributed by atoms with Crippen LogP contribution in [0.25, 0.3) is 0 Å². The Hall–Kier alpha value is -3.52. The molecule has 0 saturated carbocycles. The lowest BCUT2D eigenvalue weighted by Crippen LogP contribution is -2.44. The first-order valence-electron chi connectivity index (χ1n) is 13.2. The molecule has 0 aliphatic carbocycles. The van der Waals surface area contributed by atoms with Gasteiger partial charge in [-0.2, -0.15) is 5.10 Å². The minimum Gasteiger partial charge on any atom is -0.493 e. The molecule has 2 aromatic carbocycles. The highest BCUT2D eigenvalue weighted by Crippen LogP contribution is 2.42. The van der Waals surface area contributed by atoms with Gasteiger partial charge in [-0.3, -0.25) is 9.48 Å². The molecule has 2 heterocycles. The summed E-state index contributed by atoms with van der Waals surface area (Å²) in [6, 6.07) is 12.6. The topological polar surface area (TPSA) is 96.7 Å². The number of nitrogens with zero attached hydrogens (tertiary/aromatic N) is 3. The van der Waals surface area contributed by atoms with Gasteiger partial charge in [-0.25, -0.2) is 4.79 Å². The fourth-order valence-electron chi connectivity index (χ4n) is 5.06. The molecular weight excluding hydrogens is 516 g/mol. The van der Waals surface area contributed by atoms with Gasteiger partial charge in [0.2, 0.25) is 0 Å². The largest absolute Gasteiger partial charge is 0.493 e. The highest BCUT2D eigenvalue weighted by Gasteiger charge is 2.38. The Kier molecular flexibility index (Phi) is 8.25. The molecule has 208 valence electrons. The summed E-state index contributed by atoms with van der Waals surface area (Å²) in [6.45, 7) is 13.7. The van der Waals surface area contributed by atoms with Crippen molar-refractivity contribution in [3.8, 4) is 5.75 Å². The van der Waals surface area contributed by atoms with Crippen LogP contribution in [-0.4, -0.2) is 44.9 Å². The maximum atomic E-state index is 13.2. The summed E-state index contributed by atoms with van der Waals surface area (Å²) >= 11 is 6.26. The smallest absolute Gasteiger partial charge is 0.407 e. The molecule has 1 atom stereocenters. The van der Waals surface area contributed by atoms with Crippen molar-refractivity contribution < 1.29 is 19.4 Å². The summed E-state index contributed by atoms with van der Waals surface area (Å²) in [5.74, 6) is 1.34. The minimum atomic E-state index is -0.926. The number of rotatable bonds is 7. The van der Waals surface area contributed by atoms with E-state index in [9.17, 15) is 14.7 Å². The molecule has 1 aromatic heterocycles. The number of carbonyl (C=O) groups is 2. The van der Waals surface area contributed by atoms with E-state index in [1.807, 2.05) is 68.8 Å². The highest BCUT2D eigenvalue weighted by molar-refractivity contribution is 6.30. The Morgan fingerprint density at radius 3 is 2.59 bits per heavy atom. The average molecular weight is 553 g/mol. The quantitative estimate of drug-likeness (QED) is 0.336. The van der Waals surface area contributed by atoms with Gasteiger partial charge < -0.3 is 20.1 Å². The van der Waals surface area contributed by atoms with Gasteiger partial charge in [0.05, 0.1) is 19.2 Å². The van der Waals surface area contributed by atoms with Crippen LogP contribution in [0.15, 0.2) is 42.5 Å². The van der Waals surface area contributed by atoms with Gasteiger partial charge in [0.15, 0.2) is 5.82 Å². The van der Waals surface area contributed by atoms with E-state index in [0.717, 1.165) is 28.1 Å². The van der Waals surface area contributed by atoms with Gasteiger partial charge in [-0.1, -0.05) is 52.3 Å². The monoisotopic (exact) mass is 552 g/mol. The number of anilines is 1. The third-order valence-corrected chi connectivity index (χ3v) is 7.07. The first kappa shape index (κ1) is 28.5. The number of ether oxygens (including phenoxy) is 1. The Morgan fingerprint density at radius 2 is 1.92 bits per heavy atom.